The summed E-state index contributed by atoms with van der Waals surface area (Å²) >= 11 is 1.68. The Labute approximate surface area is 108 Å². The first-order valence-electron chi connectivity index (χ1n) is 5.46. The van der Waals surface area contributed by atoms with Gasteiger partial charge in [-0.25, -0.2) is 9.97 Å². The summed E-state index contributed by atoms with van der Waals surface area (Å²) in [6.45, 7) is 2.74. The van der Waals surface area contributed by atoms with E-state index in [-0.39, 0.29) is 5.69 Å². The average Bonchev–Trinajstić information content (AvgIpc) is 2.84. The van der Waals surface area contributed by atoms with Crippen molar-refractivity contribution < 1.29 is 4.92 Å². The van der Waals surface area contributed by atoms with Gasteiger partial charge in [0, 0.05) is 4.88 Å². The molecule has 2 aromatic heterocycles. The average molecular weight is 264 g/mol. The van der Waals surface area contributed by atoms with Crippen molar-refractivity contribution in [3.8, 4) is 0 Å². The van der Waals surface area contributed by atoms with Crippen LogP contribution in [0.15, 0.2) is 23.8 Å². The molecule has 0 spiro atoms. The van der Waals surface area contributed by atoms with Crippen molar-refractivity contribution in [2.75, 3.05) is 5.32 Å². The molecule has 0 aliphatic heterocycles. The van der Waals surface area contributed by atoms with Crippen molar-refractivity contribution in [2.24, 2.45) is 0 Å². The number of hydrogen-bond donors (Lipinski definition) is 1. The van der Waals surface area contributed by atoms with Crippen LogP contribution in [-0.4, -0.2) is 14.9 Å². The smallest absolute Gasteiger partial charge is 0.305 e. The Balaban J connectivity index is 2.00. The van der Waals surface area contributed by atoms with Gasteiger partial charge in [-0.2, -0.15) is 0 Å². The fraction of sp³-hybridized carbons (Fsp3) is 0.273. The fourth-order valence-corrected chi connectivity index (χ4v) is 2.42. The molecule has 0 fully saturated rings. The molecule has 0 aliphatic carbocycles. The summed E-state index contributed by atoms with van der Waals surface area (Å²) < 4.78 is 0. The summed E-state index contributed by atoms with van der Waals surface area (Å²) in [4.78, 5) is 19.0. The zero-order valence-electron chi connectivity index (χ0n) is 9.79. The van der Waals surface area contributed by atoms with Crippen LogP contribution in [0, 0.1) is 10.1 Å². The van der Waals surface area contributed by atoms with Crippen LogP contribution >= 0.6 is 11.3 Å². The van der Waals surface area contributed by atoms with Gasteiger partial charge in [0.05, 0.1) is 11.5 Å². The highest BCUT2D eigenvalue weighted by Crippen LogP contribution is 2.18. The normalized spacial score (nSPS) is 10.3. The molecule has 0 saturated heterocycles. The molecule has 0 atom stereocenters. The molecule has 0 saturated carbocycles. The number of nitro groups is 1. The highest BCUT2D eigenvalue weighted by Gasteiger charge is 2.07. The van der Waals surface area contributed by atoms with Crippen molar-refractivity contribution in [1.82, 2.24) is 9.97 Å². The topological polar surface area (TPSA) is 81.0 Å². The molecule has 2 heterocycles. The van der Waals surface area contributed by atoms with Crippen LogP contribution in [0.5, 0.6) is 0 Å². The molecule has 0 radical (unpaired) electrons. The first-order valence-corrected chi connectivity index (χ1v) is 6.34. The van der Waals surface area contributed by atoms with Crippen LogP contribution in [-0.2, 0) is 13.0 Å². The molecule has 0 aromatic carbocycles. The SMILES string of the molecule is CCc1ccsc1CNc1ncc([N+](=O)[O-])cn1. The fourth-order valence-electron chi connectivity index (χ4n) is 1.50. The van der Waals surface area contributed by atoms with Gasteiger partial charge in [-0.15, -0.1) is 11.3 Å². The molecule has 0 amide bonds. The molecule has 18 heavy (non-hydrogen) atoms. The lowest BCUT2D eigenvalue weighted by molar-refractivity contribution is -0.385. The van der Waals surface area contributed by atoms with Crippen LogP contribution in [0.4, 0.5) is 11.6 Å². The number of hydrogen-bond acceptors (Lipinski definition) is 6. The van der Waals surface area contributed by atoms with E-state index in [0.29, 0.717) is 12.5 Å². The van der Waals surface area contributed by atoms with Gasteiger partial charge >= 0.3 is 5.69 Å². The van der Waals surface area contributed by atoms with E-state index in [1.54, 1.807) is 11.3 Å². The third kappa shape index (κ3) is 2.80. The van der Waals surface area contributed by atoms with Crippen LogP contribution in [0.2, 0.25) is 0 Å². The largest absolute Gasteiger partial charge is 0.349 e. The van der Waals surface area contributed by atoms with Gasteiger partial charge in [-0.1, -0.05) is 6.92 Å². The molecule has 0 unspecified atom stereocenters. The summed E-state index contributed by atoms with van der Waals surface area (Å²) in [5, 5.41) is 15.5. The molecule has 1 N–H and O–H groups in total. The Hall–Kier alpha value is -2.02. The molecule has 0 bridgehead atoms. The zero-order valence-corrected chi connectivity index (χ0v) is 10.6. The number of aromatic nitrogens is 2. The summed E-state index contributed by atoms with van der Waals surface area (Å²) in [5.74, 6) is 0.399. The molecule has 2 aromatic rings. The summed E-state index contributed by atoms with van der Waals surface area (Å²) in [6, 6.07) is 2.10. The van der Waals surface area contributed by atoms with Crippen LogP contribution in [0.1, 0.15) is 17.4 Å². The van der Waals surface area contributed by atoms with Gasteiger partial charge < -0.3 is 5.32 Å². The monoisotopic (exact) mass is 264 g/mol. The Morgan fingerprint density at radius 3 is 2.78 bits per heavy atom. The highest BCUT2D eigenvalue weighted by molar-refractivity contribution is 7.10. The van der Waals surface area contributed by atoms with E-state index >= 15 is 0 Å². The molecule has 2 rings (SSSR count). The zero-order chi connectivity index (χ0) is 13.0. The number of aryl methyl sites for hydroxylation is 1. The molecular formula is C11H12N4O2S. The van der Waals surface area contributed by atoms with E-state index in [1.165, 1.54) is 22.8 Å². The first kappa shape index (κ1) is 12.4. The van der Waals surface area contributed by atoms with Gasteiger partial charge in [-0.05, 0) is 23.4 Å². The van der Waals surface area contributed by atoms with Crippen molar-refractivity contribution >= 4 is 23.0 Å². The van der Waals surface area contributed by atoms with Crippen molar-refractivity contribution in [3.05, 3.63) is 44.4 Å². The third-order valence-electron chi connectivity index (χ3n) is 2.47. The van der Waals surface area contributed by atoms with Crippen LogP contribution in [0.25, 0.3) is 0 Å². The Kier molecular flexibility index (Phi) is 3.83. The number of rotatable bonds is 5. The maximum atomic E-state index is 10.4. The number of nitrogens with zero attached hydrogens (tertiary/aromatic N) is 3. The lowest BCUT2D eigenvalue weighted by atomic mass is 10.2. The lowest BCUT2D eigenvalue weighted by Crippen LogP contribution is -2.04. The van der Waals surface area contributed by atoms with E-state index in [9.17, 15) is 10.1 Å². The molecule has 0 aliphatic rings. The summed E-state index contributed by atoms with van der Waals surface area (Å²) in [5.41, 5.74) is 1.19. The van der Waals surface area contributed by atoms with Crippen LogP contribution < -0.4 is 5.32 Å². The van der Waals surface area contributed by atoms with Crippen LogP contribution in [0.3, 0.4) is 0 Å². The van der Waals surface area contributed by atoms with Crippen molar-refractivity contribution in [1.29, 1.82) is 0 Å². The number of anilines is 1. The van der Waals surface area contributed by atoms with E-state index in [4.69, 9.17) is 0 Å². The maximum absolute atomic E-state index is 10.4. The second-order valence-corrected chi connectivity index (χ2v) is 4.60. The Bertz CT molecular complexity index is 538. The van der Waals surface area contributed by atoms with E-state index in [1.807, 2.05) is 5.38 Å². The maximum Gasteiger partial charge on any atom is 0.305 e. The van der Waals surface area contributed by atoms with Gasteiger partial charge in [0.15, 0.2) is 0 Å². The molecule has 7 heteroatoms. The van der Waals surface area contributed by atoms with E-state index in [0.717, 1.165) is 6.42 Å². The van der Waals surface area contributed by atoms with Crippen molar-refractivity contribution in [2.45, 2.75) is 19.9 Å². The quantitative estimate of drug-likeness (QED) is 0.663. The second-order valence-electron chi connectivity index (χ2n) is 3.60. The minimum atomic E-state index is -0.516. The third-order valence-corrected chi connectivity index (χ3v) is 3.44. The lowest BCUT2D eigenvalue weighted by Gasteiger charge is -2.04. The van der Waals surface area contributed by atoms with Gasteiger partial charge in [0.25, 0.3) is 0 Å². The Morgan fingerprint density at radius 1 is 1.44 bits per heavy atom. The van der Waals surface area contributed by atoms with Gasteiger partial charge in [0.1, 0.15) is 12.4 Å². The predicted molar refractivity (Wildman–Crippen MR) is 69.7 cm³/mol. The first-order chi connectivity index (χ1) is 8.70. The number of nitrogens with one attached hydrogen (secondary N) is 1. The predicted octanol–water partition coefficient (Wildman–Crippen LogP) is 2.62. The summed E-state index contributed by atoms with van der Waals surface area (Å²) in [7, 11) is 0. The van der Waals surface area contributed by atoms with Gasteiger partial charge in [-0.3, -0.25) is 10.1 Å². The Morgan fingerprint density at radius 2 is 2.17 bits per heavy atom. The minimum Gasteiger partial charge on any atom is -0.349 e. The molecule has 94 valence electrons. The standard InChI is InChI=1S/C11H12N4O2S/c1-2-8-3-4-18-10(8)7-14-11-12-5-9(6-13-11)15(16)17/h3-6H,2,7H2,1H3,(H,12,13,14). The molecular weight excluding hydrogens is 252 g/mol. The van der Waals surface area contributed by atoms with Gasteiger partial charge in [0.2, 0.25) is 5.95 Å². The van der Waals surface area contributed by atoms with E-state index < -0.39 is 4.92 Å². The second kappa shape index (κ2) is 5.54. The summed E-state index contributed by atoms with van der Waals surface area (Å²) in [6.07, 6.45) is 3.39. The highest BCUT2D eigenvalue weighted by atomic mass is 32.1. The molecule has 6 nitrogen and oxygen atoms in total. The minimum absolute atomic E-state index is 0.106. The number of thiophene rings is 1. The van der Waals surface area contributed by atoms with Crippen molar-refractivity contribution in [3.63, 3.8) is 0 Å². The van der Waals surface area contributed by atoms with E-state index in [2.05, 4.69) is 28.3 Å².